The number of nitro groups is 1. The van der Waals surface area contributed by atoms with Crippen molar-refractivity contribution in [2.75, 3.05) is 7.11 Å². The minimum Gasteiger partial charge on any atom is -0.496 e. The number of aromatic nitrogens is 4. The number of furan rings is 1. The molecule has 0 spiro atoms. The summed E-state index contributed by atoms with van der Waals surface area (Å²) in [5, 5.41) is 20.0. The molecule has 0 amide bonds. The van der Waals surface area contributed by atoms with Gasteiger partial charge in [-0.3, -0.25) is 19.5 Å². The Hall–Kier alpha value is -3.88. The second-order valence-electron chi connectivity index (χ2n) is 6.05. The van der Waals surface area contributed by atoms with E-state index in [1.54, 1.807) is 17.0 Å². The molecule has 9 nitrogen and oxygen atoms in total. The number of benzene rings is 1. The Morgan fingerprint density at radius 1 is 1.07 bits per heavy atom. The average Bonchev–Trinajstić information content (AvgIpc) is 3.47. The summed E-state index contributed by atoms with van der Waals surface area (Å²) in [4.78, 5) is 10.5. The number of aryl methyl sites for hydroxylation is 2. The number of rotatable bonds is 7. The molecular weight excluding hydrogens is 362 g/mol. The summed E-state index contributed by atoms with van der Waals surface area (Å²) >= 11 is 0. The number of hydrogen-bond donors (Lipinski definition) is 0. The fraction of sp³-hybridized carbons (Fsp3) is 0.158. The zero-order chi connectivity index (χ0) is 19.5. The highest BCUT2D eigenvalue weighted by molar-refractivity contribution is 5.69. The van der Waals surface area contributed by atoms with Gasteiger partial charge < -0.3 is 9.15 Å². The molecule has 0 fully saturated rings. The fourth-order valence-corrected chi connectivity index (χ4v) is 2.88. The second kappa shape index (κ2) is 7.39. The van der Waals surface area contributed by atoms with Gasteiger partial charge >= 0.3 is 0 Å². The van der Waals surface area contributed by atoms with Crippen molar-refractivity contribution in [3.63, 3.8) is 0 Å². The van der Waals surface area contributed by atoms with Crippen molar-refractivity contribution >= 4 is 5.69 Å². The Labute approximate surface area is 159 Å². The van der Waals surface area contributed by atoms with Gasteiger partial charge in [0.2, 0.25) is 0 Å². The number of methoxy groups -OCH3 is 1. The highest BCUT2D eigenvalue weighted by atomic mass is 16.6. The number of nitrogens with zero attached hydrogens (tertiary/aromatic N) is 5. The van der Waals surface area contributed by atoms with E-state index in [-0.39, 0.29) is 5.69 Å². The summed E-state index contributed by atoms with van der Waals surface area (Å²) in [5.41, 5.74) is 2.14. The number of hydrogen-bond acceptors (Lipinski definition) is 6. The Morgan fingerprint density at radius 3 is 2.43 bits per heavy atom. The van der Waals surface area contributed by atoms with Crippen LogP contribution in [-0.2, 0) is 13.1 Å². The summed E-state index contributed by atoms with van der Waals surface area (Å²) in [6, 6.07) is 11.9. The molecule has 4 aromatic rings. The normalized spacial score (nSPS) is 10.9. The van der Waals surface area contributed by atoms with Crippen LogP contribution in [-0.4, -0.2) is 31.6 Å². The van der Waals surface area contributed by atoms with Crippen molar-refractivity contribution in [3.05, 3.63) is 71.2 Å². The summed E-state index contributed by atoms with van der Waals surface area (Å²) in [6.45, 7) is 1.26. The van der Waals surface area contributed by atoms with Crippen molar-refractivity contribution in [3.8, 4) is 28.5 Å². The molecule has 0 saturated carbocycles. The van der Waals surface area contributed by atoms with Gasteiger partial charge in [-0.05, 0) is 30.3 Å². The fourth-order valence-electron chi connectivity index (χ4n) is 2.88. The summed E-state index contributed by atoms with van der Waals surface area (Å²) in [5.74, 6) is 1.14. The molecule has 9 heteroatoms. The predicted molar refractivity (Wildman–Crippen MR) is 101 cm³/mol. The van der Waals surface area contributed by atoms with E-state index in [9.17, 15) is 10.1 Å². The molecule has 0 aliphatic heterocycles. The zero-order valence-corrected chi connectivity index (χ0v) is 15.1. The maximum absolute atomic E-state index is 10.9. The highest BCUT2D eigenvalue weighted by Gasteiger charge is 2.14. The molecule has 0 saturated heterocycles. The molecule has 3 aromatic heterocycles. The van der Waals surface area contributed by atoms with Gasteiger partial charge in [0.25, 0.3) is 5.69 Å². The molecule has 0 atom stereocenters. The van der Waals surface area contributed by atoms with E-state index < -0.39 is 4.92 Å². The molecular formula is C19H17N5O4. The minimum absolute atomic E-state index is 0.0222. The van der Waals surface area contributed by atoms with Crippen molar-refractivity contribution in [2.24, 2.45) is 0 Å². The van der Waals surface area contributed by atoms with Crippen molar-refractivity contribution in [2.45, 2.75) is 13.1 Å². The van der Waals surface area contributed by atoms with Crippen LogP contribution in [0, 0.1) is 10.1 Å². The minimum atomic E-state index is -0.452. The Bertz CT molecular complexity index is 1100. The second-order valence-corrected chi connectivity index (χ2v) is 6.05. The summed E-state index contributed by atoms with van der Waals surface area (Å²) in [6.07, 6.45) is 5.36. The van der Waals surface area contributed by atoms with E-state index in [4.69, 9.17) is 9.15 Å². The zero-order valence-electron chi connectivity index (χ0n) is 15.1. The standard InChI is InChI=1S/C19H17N5O4/c1-27-19-13-14(24(25)26)4-5-15(19)16-6-8-22(20-16)10-11-23-9-7-17(21-23)18-3-2-12-28-18/h2-9,12-13H,10-11H2,1H3. The Balaban J connectivity index is 1.47. The first kappa shape index (κ1) is 17.5. The third-order valence-corrected chi connectivity index (χ3v) is 4.29. The first-order valence-corrected chi connectivity index (χ1v) is 8.57. The summed E-state index contributed by atoms with van der Waals surface area (Å²) < 4.78 is 14.3. The van der Waals surface area contributed by atoms with E-state index in [2.05, 4.69) is 10.2 Å². The van der Waals surface area contributed by atoms with Crippen LogP contribution in [0.4, 0.5) is 5.69 Å². The molecule has 0 aliphatic carbocycles. The first-order valence-electron chi connectivity index (χ1n) is 8.57. The van der Waals surface area contributed by atoms with Crippen LogP contribution < -0.4 is 4.74 Å². The molecule has 3 heterocycles. The average molecular weight is 379 g/mol. The first-order chi connectivity index (χ1) is 13.6. The Morgan fingerprint density at radius 2 is 1.79 bits per heavy atom. The van der Waals surface area contributed by atoms with Crippen molar-refractivity contribution < 1.29 is 14.1 Å². The van der Waals surface area contributed by atoms with E-state index in [1.807, 2.05) is 41.3 Å². The molecule has 0 aliphatic rings. The lowest BCUT2D eigenvalue weighted by Crippen LogP contribution is -2.08. The van der Waals surface area contributed by atoms with Crippen LogP contribution in [0.15, 0.2) is 65.5 Å². The molecule has 0 radical (unpaired) electrons. The van der Waals surface area contributed by atoms with E-state index in [0.29, 0.717) is 30.1 Å². The maximum Gasteiger partial charge on any atom is 0.273 e. The van der Waals surface area contributed by atoms with Gasteiger partial charge in [0.15, 0.2) is 5.76 Å². The Kier molecular flexibility index (Phi) is 4.63. The SMILES string of the molecule is COc1cc([N+](=O)[O-])ccc1-c1ccn(CCn2ccc(-c3ccco3)n2)n1. The number of nitro benzene ring substituents is 1. The van der Waals surface area contributed by atoms with Gasteiger partial charge in [-0.1, -0.05) is 0 Å². The molecule has 1 aromatic carbocycles. The lowest BCUT2D eigenvalue weighted by atomic mass is 10.1. The van der Waals surface area contributed by atoms with E-state index >= 15 is 0 Å². The number of ether oxygens (including phenoxy) is 1. The molecule has 0 N–H and O–H groups in total. The quantitative estimate of drug-likeness (QED) is 0.359. The van der Waals surface area contributed by atoms with Crippen LogP contribution in [0.3, 0.4) is 0 Å². The molecule has 28 heavy (non-hydrogen) atoms. The number of non-ortho nitro benzene ring substituents is 1. The third kappa shape index (κ3) is 3.50. The van der Waals surface area contributed by atoms with Gasteiger partial charge in [-0.25, -0.2) is 0 Å². The molecule has 0 bridgehead atoms. The van der Waals surface area contributed by atoms with Gasteiger partial charge in [0.05, 0.1) is 43.1 Å². The van der Waals surface area contributed by atoms with Crippen LogP contribution in [0.5, 0.6) is 5.75 Å². The monoisotopic (exact) mass is 379 g/mol. The smallest absolute Gasteiger partial charge is 0.273 e. The van der Waals surface area contributed by atoms with Crippen molar-refractivity contribution in [1.29, 1.82) is 0 Å². The molecule has 0 unspecified atom stereocenters. The van der Waals surface area contributed by atoms with Gasteiger partial charge in [0, 0.05) is 24.0 Å². The molecule has 4 rings (SSSR count). The highest BCUT2D eigenvalue weighted by Crippen LogP contribution is 2.32. The van der Waals surface area contributed by atoms with Crippen LogP contribution in [0.2, 0.25) is 0 Å². The largest absolute Gasteiger partial charge is 0.496 e. The summed E-state index contributed by atoms with van der Waals surface area (Å²) in [7, 11) is 1.48. The van der Waals surface area contributed by atoms with Crippen LogP contribution in [0.25, 0.3) is 22.7 Å². The van der Waals surface area contributed by atoms with E-state index in [1.165, 1.54) is 19.2 Å². The van der Waals surface area contributed by atoms with Gasteiger partial charge in [-0.15, -0.1) is 0 Å². The lowest BCUT2D eigenvalue weighted by molar-refractivity contribution is -0.384. The van der Waals surface area contributed by atoms with Crippen LogP contribution in [0.1, 0.15) is 0 Å². The van der Waals surface area contributed by atoms with Crippen LogP contribution >= 0.6 is 0 Å². The van der Waals surface area contributed by atoms with Crippen molar-refractivity contribution in [1.82, 2.24) is 19.6 Å². The molecule has 142 valence electrons. The van der Waals surface area contributed by atoms with E-state index in [0.717, 1.165) is 11.5 Å². The topological polar surface area (TPSA) is 101 Å². The third-order valence-electron chi connectivity index (χ3n) is 4.29. The van der Waals surface area contributed by atoms with Gasteiger partial charge in [0.1, 0.15) is 11.4 Å². The lowest BCUT2D eigenvalue weighted by Gasteiger charge is -2.06. The predicted octanol–water partition coefficient (Wildman–Crippen LogP) is 3.62. The maximum atomic E-state index is 10.9. The van der Waals surface area contributed by atoms with Gasteiger partial charge in [-0.2, -0.15) is 10.2 Å².